The van der Waals surface area contributed by atoms with Crippen molar-refractivity contribution in [3.05, 3.63) is 57.3 Å². The largest absolute Gasteiger partial charge is 0.378 e. The van der Waals surface area contributed by atoms with Crippen LogP contribution in [0.4, 0.5) is 5.69 Å². The number of H-pyrrole nitrogens is 1. The van der Waals surface area contributed by atoms with Gasteiger partial charge in [0.25, 0.3) is 11.3 Å². The Morgan fingerprint density at radius 2 is 2.05 bits per heavy atom. The third kappa shape index (κ3) is 2.52. The summed E-state index contributed by atoms with van der Waals surface area (Å²) in [6.45, 7) is 6.13. The van der Waals surface area contributed by atoms with Crippen molar-refractivity contribution in [3.8, 4) is 0 Å². The van der Waals surface area contributed by atoms with Gasteiger partial charge >= 0.3 is 0 Å². The van der Waals surface area contributed by atoms with Gasteiger partial charge in [-0.2, -0.15) is 9.50 Å². The third-order valence-corrected chi connectivity index (χ3v) is 3.49. The van der Waals surface area contributed by atoms with E-state index in [1.54, 1.807) is 6.92 Å². The fraction of sp³-hybridized carbons (Fsp3) is 0.267. The molecule has 0 saturated heterocycles. The first-order chi connectivity index (χ1) is 10.0. The summed E-state index contributed by atoms with van der Waals surface area (Å²) < 4.78 is 1.38. The summed E-state index contributed by atoms with van der Waals surface area (Å²) >= 11 is 0. The second-order valence-corrected chi connectivity index (χ2v) is 5.16. The van der Waals surface area contributed by atoms with Crippen LogP contribution in [0.2, 0.25) is 0 Å². The highest BCUT2D eigenvalue weighted by Gasteiger charge is 2.09. The summed E-state index contributed by atoms with van der Waals surface area (Å²) in [4.78, 5) is 20.8. The van der Waals surface area contributed by atoms with Crippen LogP contribution >= 0.6 is 0 Å². The SMILES string of the molecule is Cc1cccc(NCc2nc3nc(C)c(C)c(=O)n3[nH]2)c1. The average Bonchev–Trinajstić information content (AvgIpc) is 2.86. The Bertz CT molecular complexity index is 862. The van der Waals surface area contributed by atoms with Gasteiger partial charge in [0.2, 0.25) is 0 Å². The molecule has 3 rings (SSSR count). The van der Waals surface area contributed by atoms with E-state index in [2.05, 4.69) is 26.4 Å². The molecule has 0 amide bonds. The molecule has 0 aliphatic heterocycles. The van der Waals surface area contributed by atoms with Crippen LogP contribution in [-0.2, 0) is 6.54 Å². The maximum Gasteiger partial charge on any atom is 0.277 e. The number of nitrogens with one attached hydrogen (secondary N) is 2. The standard InChI is InChI=1S/C15H17N5O/c1-9-5-4-6-12(7-9)16-8-13-18-15-17-11(3)10(2)14(21)20(15)19-13/h4-7,16H,8H2,1-3H3,(H,17,18,19). The van der Waals surface area contributed by atoms with E-state index in [4.69, 9.17) is 0 Å². The lowest BCUT2D eigenvalue weighted by molar-refractivity contribution is 0.841. The first-order valence-corrected chi connectivity index (χ1v) is 6.80. The zero-order valence-corrected chi connectivity index (χ0v) is 12.3. The Labute approximate surface area is 121 Å². The summed E-state index contributed by atoms with van der Waals surface area (Å²) in [5.41, 5.74) is 3.45. The van der Waals surface area contributed by atoms with E-state index >= 15 is 0 Å². The van der Waals surface area contributed by atoms with Crippen LogP contribution in [0.1, 0.15) is 22.6 Å². The second-order valence-electron chi connectivity index (χ2n) is 5.16. The molecule has 0 unspecified atom stereocenters. The molecule has 0 atom stereocenters. The van der Waals surface area contributed by atoms with Crippen LogP contribution in [0.25, 0.3) is 5.78 Å². The molecule has 108 valence electrons. The number of hydrogen-bond acceptors (Lipinski definition) is 4. The molecule has 0 fully saturated rings. The van der Waals surface area contributed by atoms with Gasteiger partial charge in [-0.05, 0) is 38.5 Å². The highest BCUT2D eigenvalue weighted by Crippen LogP contribution is 2.10. The molecule has 0 aliphatic carbocycles. The maximum atomic E-state index is 12.1. The molecule has 0 spiro atoms. The van der Waals surface area contributed by atoms with Crippen LogP contribution in [0.3, 0.4) is 0 Å². The van der Waals surface area contributed by atoms with Crippen molar-refractivity contribution in [1.82, 2.24) is 19.6 Å². The third-order valence-electron chi connectivity index (χ3n) is 3.49. The molecule has 3 aromatic rings. The van der Waals surface area contributed by atoms with Crippen molar-refractivity contribution in [1.29, 1.82) is 0 Å². The van der Waals surface area contributed by atoms with Gasteiger partial charge in [0, 0.05) is 16.9 Å². The van der Waals surface area contributed by atoms with Crippen LogP contribution in [0.5, 0.6) is 0 Å². The molecule has 6 heteroatoms. The van der Waals surface area contributed by atoms with E-state index in [1.165, 1.54) is 10.1 Å². The fourth-order valence-electron chi connectivity index (χ4n) is 2.17. The minimum absolute atomic E-state index is 0.105. The number of rotatable bonds is 3. The van der Waals surface area contributed by atoms with Gasteiger partial charge < -0.3 is 5.32 Å². The predicted molar refractivity (Wildman–Crippen MR) is 81.6 cm³/mol. The van der Waals surface area contributed by atoms with E-state index in [0.717, 1.165) is 5.69 Å². The number of nitrogens with zero attached hydrogens (tertiary/aromatic N) is 3. The van der Waals surface area contributed by atoms with Crippen molar-refractivity contribution in [2.24, 2.45) is 0 Å². The summed E-state index contributed by atoms with van der Waals surface area (Å²) in [6, 6.07) is 8.09. The molecule has 0 bridgehead atoms. The molecule has 2 aromatic heterocycles. The van der Waals surface area contributed by atoms with Gasteiger partial charge in [0.05, 0.1) is 6.54 Å². The number of aromatic nitrogens is 4. The number of anilines is 1. The zero-order chi connectivity index (χ0) is 15.0. The van der Waals surface area contributed by atoms with Crippen molar-refractivity contribution in [2.45, 2.75) is 27.3 Å². The molecule has 6 nitrogen and oxygen atoms in total. The fourth-order valence-corrected chi connectivity index (χ4v) is 2.17. The molecular formula is C15H17N5O. The van der Waals surface area contributed by atoms with E-state index in [9.17, 15) is 4.79 Å². The average molecular weight is 283 g/mol. The van der Waals surface area contributed by atoms with Gasteiger partial charge in [-0.1, -0.05) is 12.1 Å². The van der Waals surface area contributed by atoms with Crippen molar-refractivity contribution >= 4 is 11.5 Å². The Morgan fingerprint density at radius 1 is 1.24 bits per heavy atom. The van der Waals surface area contributed by atoms with Gasteiger partial charge in [-0.3, -0.25) is 9.89 Å². The number of benzene rings is 1. The predicted octanol–water partition coefficient (Wildman–Crippen LogP) is 1.95. The molecule has 2 heterocycles. The number of aryl methyl sites for hydroxylation is 2. The van der Waals surface area contributed by atoms with Crippen LogP contribution in [0, 0.1) is 20.8 Å². The van der Waals surface area contributed by atoms with Gasteiger partial charge in [-0.25, -0.2) is 4.98 Å². The Hall–Kier alpha value is -2.63. The summed E-state index contributed by atoms with van der Waals surface area (Å²) in [7, 11) is 0. The summed E-state index contributed by atoms with van der Waals surface area (Å²) in [5, 5.41) is 6.26. The quantitative estimate of drug-likeness (QED) is 0.770. The lowest BCUT2D eigenvalue weighted by atomic mass is 10.2. The lowest BCUT2D eigenvalue weighted by Crippen LogP contribution is -2.19. The van der Waals surface area contributed by atoms with Crippen LogP contribution in [-0.4, -0.2) is 19.6 Å². The number of hydrogen-bond donors (Lipinski definition) is 2. The van der Waals surface area contributed by atoms with Crippen molar-refractivity contribution < 1.29 is 0 Å². The van der Waals surface area contributed by atoms with E-state index < -0.39 is 0 Å². The number of aromatic amines is 1. The lowest BCUT2D eigenvalue weighted by Gasteiger charge is -2.04. The van der Waals surface area contributed by atoms with Gasteiger partial charge in [0.15, 0.2) is 0 Å². The van der Waals surface area contributed by atoms with Gasteiger partial charge in [-0.15, -0.1) is 0 Å². The Morgan fingerprint density at radius 3 is 2.81 bits per heavy atom. The number of fused-ring (bicyclic) bond motifs is 1. The minimum Gasteiger partial charge on any atom is -0.378 e. The first-order valence-electron chi connectivity index (χ1n) is 6.80. The van der Waals surface area contributed by atoms with E-state index in [0.29, 0.717) is 29.4 Å². The summed E-state index contributed by atoms with van der Waals surface area (Å²) in [5.74, 6) is 1.08. The highest BCUT2D eigenvalue weighted by molar-refractivity contribution is 5.45. The van der Waals surface area contributed by atoms with Crippen LogP contribution < -0.4 is 10.9 Å². The molecule has 2 N–H and O–H groups in total. The molecule has 0 radical (unpaired) electrons. The normalized spacial score (nSPS) is 11.0. The summed E-state index contributed by atoms with van der Waals surface area (Å²) in [6.07, 6.45) is 0. The first kappa shape index (κ1) is 13.4. The molecule has 21 heavy (non-hydrogen) atoms. The Kier molecular flexibility index (Phi) is 3.21. The topological polar surface area (TPSA) is 75.1 Å². The minimum atomic E-state index is -0.105. The van der Waals surface area contributed by atoms with Crippen LogP contribution in [0.15, 0.2) is 29.1 Å². The molecule has 1 aromatic carbocycles. The Balaban J connectivity index is 1.88. The monoisotopic (exact) mass is 283 g/mol. The smallest absolute Gasteiger partial charge is 0.277 e. The van der Waals surface area contributed by atoms with Crippen molar-refractivity contribution in [3.63, 3.8) is 0 Å². The van der Waals surface area contributed by atoms with Gasteiger partial charge in [0.1, 0.15) is 5.82 Å². The zero-order valence-electron chi connectivity index (χ0n) is 12.3. The molecular weight excluding hydrogens is 266 g/mol. The molecule has 0 aliphatic rings. The molecule has 0 saturated carbocycles. The van der Waals surface area contributed by atoms with Crippen molar-refractivity contribution in [2.75, 3.05) is 5.32 Å². The highest BCUT2D eigenvalue weighted by atomic mass is 16.1. The van der Waals surface area contributed by atoms with E-state index in [-0.39, 0.29) is 5.56 Å². The maximum absolute atomic E-state index is 12.1. The van der Waals surface area contributed by atoms with E-state index in [1.807, 2.05) is 32.0 Å². The second kappa shape index (κ2) is 5.05.